The highest BCUT2D eigenvalue weighted by Crippen LogP contribution is 2.13. The number of carboxylic acid groups (broad SMARTS) is 1. The highest BCUT2D eigenvalue weighted by molar-refractivity contribution is 7.91. The van der Waals surface area contributed by atoms with Crippen molar-refractivity contribution in [2.45, 2.75) is 31.8 Å². The zero-order chi connectivity index (χ0) is 14.6. The summed E-state index contributed by atoms with van der Waals surface area (Å²) in [6, 6.07) is 7.36. The minimum absolute atomic E-state index is 0.0208. The lowest BCUT2D eigenvalue weighted by molar-refractivity contribution is -0.136. The van der Waals surface area contributed by atoms with Crippen molar-refractivity contribution in [1.29, 1.82) is 0 Å². The molecule has 1 unspecified atom stereocenters. The Balaban J connectivity index is 1.86. The number of nitrogens with one attached hydrogen (secondary N) is 1. The van der Waals surface area contributed by atoms with Gasteiger partial charge in [-0.2, -0.15) is 0 Å². The molecule has 1 heterocycles. The zero-order valence-corrected chi connectivity index (χ0v) is 12.0. The average molecular weight is 297 g/mol. The molecule has 1 aromatic carbocycles. The average Bonchev–Trinajstić information content (AvgIpc) is 2.36. The lowest BCUT2D eigenvalue weighted by Crippen LogP contribution is -2.39. The summed E-state index contributed by atoms with van der Waals surface area (Å²) in [4.78, 5) is 10.6. The molecule has 0 amide bonds. The third-order valence-electron chi connectivity index (χ3n) is 3.44. The van der Waals surface area contributed by atoms with Gasteiger partial charge in [0, 0.05) is 12.6 Å². The Hall–Kier alpha value is -1.40. The molecule has 1 atom stereocenters. The van der Waals surface area contributed by atoms with Gasteiger partial charge in [-0.15, -0.1) is 0 Å². The summed E-state index contributed by atoms with van der Waals surface area (Å²) in [5.74, 6) is -0.331. The van der Waals surface area contributed by atoms with E-state index in [1.165, 1.54) is 0 Å². The monoisotopic (exact) mass is 297 g/mol. The van der Waals surface area contributed by atoms with Crippen molar-refractivity contribution in [3.8, 4) is 0 Å². The maximum atomic E-state index is 11.5. The van der Waals surface area contributed by atoms with Gasteiger partial charge in [0.1, 0.15) is 0 Å². The van der Waals surface area contributed by atoms with Crippen LogP contribution in [0.3, 0.4) is 0 Å². The van der Waals surface area contributed by atoms with Crippen LogP contribution in [0.2, 0.25) is 0 Å². The van der Waals surface area contributed by atoms with Crippen molar-refractivity contribution >= 4 is 15.8 Å². The Morgan fingerprint density at radius 2 is 1.90 bits per heavy atom. The SMILES string of the molecule is O=C(O)Cc1ccc(CNC2CCCS(=O)(=O)C2)cc1. The van der Waals surface area contributed by atoms with Gasteiger partial charge in [-0.3, -0.25) is 4.79 Å². The maximum absolute atomic E-state index is 11.5. The molecule has 1 aliphatic heterocycles. The quantitative estimate of drug-likeness (QED) is 0.846. The van der Waals surface area contributed by atoms with Crippen LogP contribution in [-0.2, 0) is 27.6 Å². The van der Waals surface area contributed by atoms with E-state index in [0.29, 0.717) is 12.3 Å². The zero-order valence-electron chi connectivity index (χ0n) is 11.2. The van der Waals surface area contributed by atoms with E-state index in [4.69, 9.17) is 5.11 Å². The molecule has 6 heteroatoms. The van der Waals surface area contributed by atoms with Crippen LogP contribution >= 0.6 is 0 Å². The molecule has 0 spiro atoms. The second-order valence-electron chi connectivity index (χ2n) is 5.22. The minimum Gasteiger partial charge on any atom is -0.481 e. The minimum atomic E-state index is -2.88. The largest absolute Gasteiger partial charge is 0.481 e. The summed E-state index contributed by atoms with van der Waals surface area (Å²) in [6.45, 7) is 0.605. The number of aliphatic carboxylic acids is 1. The molecule has 110 valence electrons. The molecule has 1 fully saturated rings. The Bertz CT molecular complexity index is 565. The maximum Gasteiger partial charge on any atom is 0.307 e. The number of benzene rings is 1. The van der Waals surface area contributed by atoms with Crippen molar-refractivity contribution in [3.63, 3.8) is 0 Å². The summed E-state index contributed by atoms with van der Waals surface area (Å²) >= 11 is 0. The van der Waals surface area contributed by atoms with Crippen LogP contribution in [0, 0.1) is 0 Å². The molecular weight excluding hydrogens is 278 g/mol. The Morgan fingerprint density at radius 3 is 2.50 bits per heavy atom. The summed E-state index contributed by atoms with van der Waals surface area (Å²) in [6.07, 6.45) is 1.63. The Morgan fingerprint density at radius 1 is 1.25 bits per heavy atom. The van der Waals surface area contributed by atoms with Gasteiger partial charge in [0.2, 0.25) is 0 Å². The predicted molar refractivity (Wildman–Crippen MR) is 76.3 cm³/mol. The van der Waals surface area contributed by atoms with Crippen molar-refractivity contribution in [1.82, 2.24) is 5.32 Å². The first-order chi connectivity index (χ1) is 9.44. The first kappa shape index (κ1) is 15.0. The molecular formula is C14H19NO4S. The fraction of sp³-hybridized carbons (Fsp3) is 0.500. The van der Waals surface area contributed by atoms with Gasteiger partial charge in [-0.05, 0) is 24.0 Å². The Kier molecular flexibility index (Phi) is 4.77. The number of hydrogen-bond acceptors (Lipinski definition) is 4. The van der Waals surface area contributed by atoms with E-state index in [-0.39, 0.29) is 18.2 Å². The molecule has 0 saturated carbocycles. The van der Waals surface area contributed by atoms with Crippen LogP contribution in [0.25, 0.3) is 0 Å². The molecule has 0 aliphatic carbocycles. The predicted octanol–water partition coefficient (Wildman–Crippen LogP) is 0.981. The van der Waals surface area contributed by atoms with Gasteiger partial charge >= 0.3 is 5.97 Å². The Labute approximate surface area is 118 Å². The van der Waals surface area contributed by atoms with Gasteiger partial charge in [0.25, 0.3) is 0 Å². The molecule has 0 aromatic heterocycles. The van der Waals surface area contributed by atoms with Gasteiger partial charge in [-0.1, -0.05) is 24.3 Å². The summed E-state index contributed by atoms with van der Waals surface area (Å²) in [5.41, 5.74) is 1.80. The highest BCUT2D eigenvalue weighted by atomic mass is 32.2. The molecule has 1 saturated heterocycles. The topological polar surface area (TPSA) is 83.5 Å². The van der Waals surface area contributed by atoms with Crippen molar-refractivity contribution in [2.24, 2.45) is 0 Å². The standard InChI is InChI=1S/C14H19NO4S/c16-14(17)8-11-3-5-12(6-4-11)9-15-13-2-1-7-20(18,19)10-13/h3-6,13,15H,1-2,7-10H2,(H,16,17). The first-order valence-corrected chi connectivity index (χ1v) is 8.50. The lowest BCUT2D eigenvalue weighted by Gasteiger charge is -2.23. The molecule has 0 radical (unpaired) electrons. The van der Waals surface area contributed by atoms with Crippen molar-refractivity contribution < 1.29 is 18.3 Å². The third kappa shape index (κ3) is 4.61. The lowest BCUT2D eigenvalue weighted by atomic mass is 10.1. The number of carbonyl (C=O) groups is 1. The van der Waals surface area contributed by atoms with E-state index < -0.39 is 15.8 Å². The van der Waals surface area contributed by atoms with Crippen LogP contribution < -0.4 is 5.32 Å². The van der Waals surface area contributed by atoms with E-state index in [2.05, 4.69) is 5.32 Å². The van der Waals surface area contributed by atoms with Crippen molar-refractivity contribution in [3.05, 3.63) is 35.4 Å². The molecule has 2 rings (SSSR count). The summed E-state index contributed by atoms with van der Waals surface area (Å²) < 4.78 is 23.0. The highest BCUT2D eigenvalue weighted by Gasteiger charge is 2.23. The number of hydrogen-bond donors (Lipinski definition) is 2. The van der Waals surface area contributed by atoms with Gasteiger partial charge < -0.3 is 10.4 Å². The van der Waals surface area contributed by atoms with E-state index in [9.17, 15) is 13.2 Å². The molecule has 1 aromatic rings. The molecule has 1 aliphatic rings. The van der Waals surface area contributed by atoms with Crippen LogP contribution in [-0.4, -0.2) is 37.0 Å². The van der Waals surface area contributed by atoms with E-state index >= 15 is 0 Å². The smallest absolute Gasteiger partial charge is 0.307 e. The third-order valence-corrected chi connectivity index (χ3v) is 5.26. The van der Waals surface area contributed by atoms with Crippen LogP contribution in [0.1, 0.15) is 24.0 Å². The van der Waals surface area contributed by atoms with Crippen molar-refractivity contribution in [2.75, 3.05) is 11.5 Å². The second kappa shape index (κ2) is 6.37. The number of carboxylic acids is 1. The van der Waals surface area contributed by atoms with Crippen LogP contribution in [0.4, 0.5) is 0 Å². The normalized spacial score (nSPS) is 21.5. The number of rotatable bonds is 5. The molecule has 2 N–H and O–H groups in total. The first-order valence-electron chi connectivity index (χ1n) is 6.68. The van der Waals surface area contributed by atoms with Gasteiger partial charge in [-0.25, -0.2) is 8.42 Å². The summed E-state index contributed by atoms with van der Waals surface area (Å²) in [5, 5.41) is 11.9. The molecule has 20 heavy (non-hydrogen) atoms. The van der Waals surface area contributed by atoms with E-state index in [0.717, 1.165) is 24.0 Å². The van der Waals surface area contributed by atoms with E-state index in [1.54, 1.807) is 12.1 Å². The molecule has 5 nitrogen and oxygen atoms in total. The second-order valence-corrected chi connectivity index (χ2v) is 7.45. The fourth-order valence-electron chi connectivity index (χ4n) is 2.40. The fourth-order valence-corrected chi connectivity index (χ4v) is 4.07. The summed E-state index contributed by atoms with van der Waals surface area (Å²) in [7, 11) is -2.88. The van der Waals surface area contributed by atoms with Gasteiger partial charge in [0.05, 0.1) is 17.9 Å². The van der Waals surface area contributed by atoms with Crippen LogP contribution in [0.5, 0.6) is 0 Å². The number of sulfone groups is 1. The van der Waals surface area contributed by atoms with Crippen LogP contribution in [0.15, 0.2) is 24.3 Å². The van der Waals surface area contributed by atoms with E-state index in [1.807, 2.05) is 12.1 Å². The van der Waals surface area contributed by atoms with Gasteiger partial charge in [0.15, 0.2) is 9.84 Å². The molecule has 0 bridgehead atoms.